The van der Waals surface area contributed by atoms with Gasteiger partial charge in [-0.2, -0.15) is 0 Å². The zero-order valence-corrected chi connectivity index (χ0v) is 20.9. The molecule has 0 radical (unpaired) electrons. The molecule has 1 amide bonds. The van der Waals surface area contributed by atoms with Crippen molar-refractivity contribution in [2.45, 2.75) is 44.2 Å². The van der Waals surface area contributed by atoms with Crippen LogP contribution in [0.1, 0.15) is 33.0 Å². The maximum Gasteiger partial charge on any atom is 0.276 e. The molecule has 0 bridgehead atoms. The quantitative estimate of drug-likeness (QED) is 0.454. The Kier molecular flexibility index (Phi) is 6.52. The number of amides is 1. The van der Waals surface area contributed by atoms with Crippen LogP contribution in [0.25, 0.3) is 10.3 Å². The summed E-state index contributed by atoms with van der Waals surface area (Å²) in [6, 6.07) is 3.08. The Morgan fingerprint density at radius 2 is 2.14 bits per heavy atom. The molecule has 1 fully saturated rings. The Morgan fingerprint density at radius 1 is 1.33 bits per heavy atom. The Bertz CT molecular complexity index is 1300. The molecule has 0 aromatic carbocycles. The fraction of sp³-hybridized carbons (Fsp3) is 0.500. The highest BCUT2D eigenvalue weighted by Crippen LogP contribution is 2.35. The number of fused-ring (bicyclic) bond motifs is 2. The molecule has 2 aliphatic rings. The number of carbonyl (C=O) groups excluding carboxylic acids is 1. The lowest BCUT2D eigenvalue weighted by Gasteiger charge is -2.27. The molecular weight excluding hydrogens is 488 g/mol. The van der Waals surface area contributed by atoms with Gasteiger partial charge in [0.2, 0.25) is 0 Å². The highest BCUT2D eigenvalue weighted by atomic mass is 32.1. The molecule has 12 heteroatoms. The highest BCUT2D eigenvalue weighted by molar-refractivity contribution is 7.21. The third-order valence-electron chi connectivity index (χ3n) is 6.92. The number of methoxy groups -OCH3 is 1. The molecule has 0 spiro atoms. The number of alkyl halides is 2. The Morgan fingerprint density at radius 3 is 2.92 bits per heavy atom. The minimum atomic E-state index is -2.99. The second-order valence-corrected chi connectivity index (χ2v) is 10.6. The number of halogens is 2. The number of anilines is 2. The summed E-state index contributed by atoms with van der Waals surface area (Å²) in [6.45, 7) is 1.63. The molecule has 1 aliphatic carbocycles. The van der Waals surface area contributed by atoms with Crippen LogP contribution in [-0.4, -0.2) is 65.7 Å². The van der Waals surface area contributed by atoms with Crippen LogP contribution in [0.2, 0.25) is 0 Å². The van der Waals surface area contributed by atoms with E-state index in [-0.39, 0.29) is 18.5 Å². The van der Waals surface area contributed by atoms with Gasteiger partial charge in [-0.25, -0.2) is 23.7 Å². The lowest BCUT2D eigenvalue weighted by atomic mass is 9.91. The fourth-order valence-corrected chi connectivity index (χ4v) is 6.05. The van der Waals surface area contributed by atoms with Gasteiger partial charge in [0.25, 0.3) is 11.8 Å². The van der Waals surface area contributed by atoms with Gasteiger partial charge < -0.3 is 26.4 Å². The van der Waals surface area contributed by atoms with Gasteiger partial charge in [-0.3, -0.25) is 4.79 Å². The van der Waals surface area contributed by atoms with Gasteiger partial charge in [0.1, 0.15) is 27.6 Å². The Labute approximate surface area is 211 Å². The number of nitrogen functional groups attached to an aromatic ring is 1. The minimum Gasteiger partial charge on any atom is -0.396 e. The van der Waals surface area contributed by atoms with E-state index in [0.717, 1.165) is 17.0 Å². The number of nitrogens with one attached hydrogen (secondary N) is 1. The lowest BCUT2D eigenvalue weighted by Crippen LogP contribution is -2.43. The second kappa shape index (κ2) is 9.49. The van der Waals surface area contributed by atoms with Gasteiger partial charge in [-0.1, -0.05) is 6.07 Å². The van der Waals surface area contributed by atoms with Crippen molar-refractivity contribution in [1.82, 2.24) is 20.3 Å². The van der Waals surface area contributed by atoms with Gasteiger partial charge in [0.15, 0.2) is 0 Å². The van der Waals surface area contributed by atoms with E-state index in [0.29, 0.717) is 52.5 Å². The molecule has 3 atom stereocenters. The summed E-state index contributed by atoms with van der Waals surface area (Å²) in [4.78, 5) is 29.3. The molecule has 192 valence electrons. The van der Waals surface area contributed by atoms with Crippen molar-refractivity contribution in [3.05, 3.63) is 40.2 Å². The molecule has 9 nitrogen and oxygen atoms in total. The predicted octanol–water partition coefficient (Wildman–Crippen LogP) is 2.31. The third kappa shape index (κ3) is 4.60. The monoisotopic (exact) mass is 517 g/mol. The number of pyridine rings is 1. The third-order valence-corrected chi connectivity index (χ3v) is 8.01. The van der Waals surface area contributed by atoms with Crippen LogP contribution in [-0.2, 0) is 17.6 Å². The van der Waals surface area contributed by atoms with E-state index in [1.54, 1.807) is 6.20 Å². The second-order valence-electron chi connectivity index (χ2n) is 9.57. The number of nitrogens with zero attached hydrogens (tertiary/aromatic N) is 4. The van der Waals surface area contributed by atoms with Gasteiger partial charge in [0, 0.05) is 44.2 Å². The number of nitrogens with two attached hydrogens (primary N) is 2. The number of hydrogen-bond donors (Lipinski definition) is 3. The first kappa shape index (κ1) is 24.7. The topological polar surface area (TPSA) is 132 Å². The zero-order valence-electron chi connectivity index (χ0n) is 20.1. The smallest absolute Gasteiger partial charge is 0.276 e. The number of aromatic nitrogens is 3. The van der Waals surface area contributed by atoms with Crippen LogP contribution in [0, 0.1) is 12.8 Å². The van der Waals surface area contributed by atoms with Crippen LogP contribution in [0.15, 0.2) is 18.3 Å². The number of rotatable bonds is 6. The van der Waals surface area contributed by atoms with E-state index < -0.39 is 24.5 Å². The summed E-state index contributed by atoms with van der Waals surface area (Å²) < 4.78 is 33.5. The summed E-state index contributed by atoms with van der Waals surface area (Å²) in [5.74, 6) is -3.57. The first-order valence-electron chi connectivity index (χ1n) is 11.8. The average Bonchev–Trinajstić information content (AvgIpc) is 3.39. The van der Waals surface area contributed by atoms with Crippen molar-refractivity contribution < 1.29 is 18.3 Å². The molecule has 36 heavy (non-hydrogen) atoms. The van der Waals surface area contributed by atoms with Crippen molar-refractivity contribution in [2.75, 3.05) is 37.4 Å². The number of aryl methyl sites for hydroxylation is 2. The number of hydrogen-bond acceptors (Lipinski definition) is 9. The maximum absolute atomic E-state index is 14.4. The van der Waals surface area contributed by atoms with E-state index in [4.69, 9.17) is 21.2 Å². The molecule has 3 unspecified atom stereocenters. The lowest BCUT2D eigenvalue weighted by molar-refractivity contribution is -0.105. The van der Waals surface area contributed by atoms with E-state index in [1.807, 2.05) is 24.0 Å². The SMILES string of the molecule is COCC(F)(F)C1CN(c2ccc3c(n2)CCC(NC(=O)c2sc4nc(C)cnc4c2N)C3)CC1N. The standard InChI is InChI=1S/C24H29F2N7O2S/c1-12-8-29-20-19(28)21(36-23(20)30-12)22(34)31-14-4-5-17-13(7-14)3-6-18(32-17)33-9-15(16(27)10-33)24(25,26)11-35-2/h3,6,8,14-16H,4-5,7,9-11,27-28H2,1-2H3,(H,31,34). The van der Waals surface area contributed by atoms with Crippen molar-refractivity contribution in [2.24, 2.45) is 11.7 Å². The van der Waals surface area contributed by atoms with Gasteiger partial charge >= 0.3 is 0 Å². The van der Waals surface area contributed by atoms with Crippen LogP contribution in [0.5, 0.6) is 0 Å². The van der Waals surface area contributed by atoms with E-state index >= 15 is 0 Å². The van der Waals surface area contributed by atoms with E-state index in [2.05, 4.69) is 15.3 Å². The first-order valence-corrected chi connectivity index (χ1v) is 12.7. The fourth-order valence-electron chi connectivity index (χ4n) is 5.05. The zero-order chi connectivity index (χ0) is 25.6. The highest BCUT2D eigenvalue weighted by Gasteiger charge is 2.48. The number of thiophene rings is 1. The van der Waals surface area contributed by atoms with Crippen molar-refractivity contribution >= 4 is 39.1 Å². The largest absolute Gasteiger partial charge is 0.396 e. The summed E-state index contributed by atoms with van der Waals surface area (Å²) in [7, 11) is 1.26. The molecule has 5 rings (SSSR count). The summed E-state index contributed by atoms with van der Waals surface area (Å²) in [6.07, 6.45) is 3.64. The molecule has 5 N–H and O–H groups in total. The van der Waals surface area contributed by atoms with Crippen LogP contribution in [0.4, 0.5) is 20.3 Å². The molecular formula is C24H29F2N7O2S. The number of carbonyl (C=O) groups is 1. The van der Waals surface area contributed by atoms with Crippen molar-refractivity contribution in [3.63, 3.8) is 0 Å². The first-order chi connectivity index (χ1) is 17.2. The summed E-state index contributed by atoms with van der Waals surface area (Å²) in [5, 5.41) is 3.09. The van der Waals surface area contributed by atoms with Gasteiger partial charge in [-0.15, -0.1) is 11.3 Å². The molecule has 4 heterocycles. The van der Waals surface area contributed by atoms with Crippen LogP contribution in [0.3, 0.4) is 0 Å². The summed E-state index contributed by atoms with van der Waals surface area (Å²) >= 11 is 1.24. The Balaban J connectivity index is 1.26. The minimum absolute atomic E-state index is 0.0674. The molecule has 1 saturated heterocycles. The molecule has 0 saturated carbocycles. The van der Waals surface area contributed by atoms with Crippen molar-refractivity contribution in [1.29, 1.82) is 0 Å². The molecule has 3 aromatic rings. The van der Waals surface area contributed by atoms with Crippen LogP contribution >= 0.6 is 11.3 Å². The Hall–Kier alpha value is -2.96. The normalized spacial score (nSPS) is 22.1. The summed E-state index contributed by atoms with van der Waals surface area (Å²) in [5.41, 5.74) is 15.8. The molecule has 3 aromatic heterocycles. The van der Waals surface area contributed by atoms with E-state index in [9.17, 15) is 13.6 Å². The van der Waals surface area contributed by atoms with Crippen LogP contribution < -0.4 is 21.7 Å². The predicted molar refractivity (Wildman–Crippen MR) is 135 cm³/mol. The van der Waals surface area contributed by atoms with E-state index in [1.165, 1.54) is 18.4 Å². The van der Waals surface area contributed by atoms with Gasteiger partial charge in [-0.05, 0) is 37.8 Å². The van der Waals surface area contributed by atoms with Crippen molar-refractivity contribution in [3.8, 4) is 0 Å². The van der Waals surface area contributed by atoms with Gasteiger partial charge in [0.05, 0.1) is 17.3 Å². The molecule has 1 aliphatic heterocycles. The average molecular weight is 518 g/mol. The maximum atomic E-state index is 14.4. The number of ether oxygens (including phenoxy) is 1.